The maximum Gasteiger partial charge on any atom is 0.270 e. The lowest BCUT2D eigenvalue weighted by Gasteiger charge is -2.33. The first kappa shape index (κ1) is 23.5. The Hall–Kier alpha value is -2.65. The van der Waals surface area contributed by atoms with Crippen molar-refractivity contribution in [3.63, 3.8) is 0 Å². The number of carbonyl (C=O) groups is 2. The number of benzene rings is 1. The molecule has 1 aliphatic heterocycles. The largest absolute Gasteiger partial charge is 0.348 e. The minimum Gasteiger partial charge on any atom is -0.348 e. The lowest BCUT2D eigenvalue weighted by atomic mass is 10.1. The molecule has 0 unspecified atom stereocenters. The summed E-state index contributed by atoms with van der Waals surface area (Å²) in [7, 11) is -3.35. The molecule has 10 heteroatoms. The summed E-state index contributed by atoms with van der Waals surface area (Å²) in [6, 6.07) is 9.80. The highest BCUT2D eigenvalue weighted by molar-refractivity contribution is 7.93. The fourth-order valence-corrected chi connectivity index (χ4v) is 6.33. The van der Waals surface area contributed by atoms with Gasteiger partial charge in [0, 0.05) is 31.2 Å². The molecule has 2 aromatic rings. The van der Waals surface area contributed by atoms with Crippen LogP contribution in [0.3, 0.4) is 0 Å². The van der Waals surface area contributed by atoms with Crippen molar-refractivity contribution in [1.29, 1.82) is 0 Å². The number of hydrogen-bond donors (Lipinski definition) is 1. The van der Waals surface area contributed by atoms with E-state index < -0.39 is 37.2 Å². The lowest BCUT2D eigenvalue weighted by molar-refractivity contribution is 0.0694. The molecule has 0 atom stereocenters. The van der Waals surface area contributed by atoms with Gasteiger partial charge in [0.05, 0.1) is 10.00 Å². The third-order valence-electron chi connectivity index (χ3n) is 6.40. The van der Waals surface area contributed by atoms with Crippen molar-refractivity contribution in [1.82, 2.24) is 14.8 Å². The van der Waals surface area contributed by atoms with Gasteiger partial charge in [0.25, 0.3) is 17.4 Å². The Kier molecular flexibility index (Phi) is 6.13. The zero-order chi connectivity index (χ0) is 24.0. The Balaban J connectivity index is 1.50. The number of hydrogen-bond acceptors (Lipinski definition) is 5. The van der Waals surface area contributed by atoms with Crippen molar-refractivity contribution < 1.29 is 18.0 Å². The Morgan fingerprint density at radius 1 is 1.09 bits per heavy atom. The van der Waals surface area contributed by atoms with Crippen molar-refractivity contribution in [2.24, 2.45) is 0 Å². The number of nitrogens with one attached hydrogen (secondary N) is 1. The summed E-state index contributed by atoms with van der Waals surface area (Å²) in [5.74, 6) is -0.920. The second kappa shape index (κ2) is 8.61. The van der Waals surface area contributed by atoms with E-state index in [1.54, 1.807) is 38.1 Å². The first-order valence-electron chi connectivity index (χ1n) is 10.8. The highest BCUT2D eigenvalue weighted by atomic mass is 35.5. The van der Waals surface area contributed by atoms with Gasteiger partial charge in [0.1, 0.15) is 11.3 Å². The van der Waals surface area contributed by atoms with Crippen molar-refractivity contribution in [2.75, 3.05) is 13.1 Å². The zero-order valence-corrected chi connectivity index (χ0v) is 20.1. The number of halogens is 1. The maximum absolute atomic E-state index is 13.1. The summed E-state index contributed by atoms with van der Waals surface area (Å²) in [4.78, 5) is 40.1. The van der Waals surface area contributed by atoms with Crippen LogP contribution in [0.1, 0.15) is 53.1 Å². The van der Waals surface area contributed by atoms with E-state index in [0.717, 1.165) is 5.56 Å². The Morgan fingerprint density at radius 3 is 2.36 bits per heavy atom. The van der Waals surface area contributed by atoms with Crippen LogP contribution in [-0.4, -0.2) is 52.8 Å². The Labute approximate surface area is 197 Å². The number of nitrogens with zero attached hydrogens (tertiary/aromatic N) is 2. The first-order valence-corrected chi connectivity index (χ1v) is 12.8. The smallest absolute Gasteiger partial charge is 0.270 e. The van der Waals surface area contributed by atoms with Crippen LogP contribution in [0.4, 0.5) is 0 Å². The molecule has 2 amide bonds. The molecule has 33 heavy (non-hydrogen) atoms. The summed E-state index contributed by atoms with van der Waals surface area (Å²) >= 11 is 5.86. The molecule has 0 bridgehead atoms. The van der Waals surface area contributed by atoms with Crippen LogP contribution >= 0.6 is 11.6 Å². The zero-order valence-electron chi connectivity index (χ0n) is 18.5. The molecule has 1 fully saturated rings. The quantitative estimate of drug-likeness (QED) is 0.639. The predicted octanol–water partition coefficient (Wildman–Crippen LogP) is 2.24. The monoisotopic (exact) mass is 491 g/mol. The predicted molar refractivity (Wildman–Crippen MR) is 125 cm³/mol. The van der Waals surface area contributed by atoms with E-state index in [4.69, 9.17) is 11.6 Å². The molecule has 1 aromatic carbocycles. The van der Waals surface area contributed by atoms with Crippen molar-refractivity contribution in [2.45, 2.75) is 49.8 Å². The van der Waals surface area contributed by atoms with Crippen LogP contribution in [0.15, 0.2) is 41.2 Å². The summed E-state index contributed by atoms with van der Waals surface area (Å²) in [6.45, 7) is 4.09. The van der Waals surface area contributed by atoms with E-state index in [-0.39, 0.29) is 37.4 Å². The molecule has 2 heterocycles. The second-order valence-electron chi connectivity index (χ2n) is 8.90. The van der Waals surface area contributed by atoms with Gasteiger partial charge in [-0.1, -0.05) is 23.7 Å². The average Bonchev–Trinajstić information content (AvgIpc) is 3.57. The molecule has 176 valence electrons. The van der Waals surface area contributed by atoms with Gasteiger partial charge in [-0.15, -0.1) is 0 Å². The van der Waals surface area contributed by atoms with Gasteiger partial charge in [-0.05, 0) is 56.5 Å². The van der Waals surface area contributed by atoms with Crippen molar-refractivity contribution in [3.05, 3.63) is 68.6 Å². The summed E-state index contributed by atoms with van der Waals surface area (Å²) < 4.78 is 25.9. The van der Waals surface area contributed by atoms with Crippen LogP contribution in [0.5, 0.6) is 0 Å². The standard InChI is InChI=1S/C23H26ClN3O5S/c1-15(2)33(31,32)23(9-10-23)14-26-11-12-27-19(22(26)30)8-7-18(21(27)29)20(28)25-13-16-3-5-17(24)6-4-16/h3-8,15H,9-14H2,1-2H3,(H,25,28). The molecule has 2 aliphatic rings. The summed E-state index contributed by atoms with van der Waals surface area (Å²) in [5.41, 5.74) is 0.417. The van der Waals surface area contributed by atoms with Gasteiger partial charge in [0.2, 0.25) is 0 Å². The Morgan fingerprint density at radius 2 is 1.76 bits per heavy atom. The Bertz CT molecular complexity index is 1260. The molecular weight excluding hydrogens is 466 g/mol. The third kappa shape index (κ3) is 4.31. The maximum atomic E-state index is 13.1. The average molecular weight is 492 g/mol. The van der Waals surface area contributed by atoms with Gasteiger partial charge in [-0.2, -0.15) is 0 Å². The van der Waals surface area contributed by atoms with Crippen LogP contribution in [0, 0.1) is 0 Å². The highest BCUT2D eigenvalue weighted by Gasteiger charge is 2.56. The summed E-state index contributed by atoms with van der Waals surface area (Å²) in [5, 5.41) is 2.79. The van der Waals surface area contributed by atoms with Crippen LogP contribution < -0.4 is 10.9 Å². The lowest BCUT2D eigenvalue weighted by Crippen LogP contribution is -2.50. The summed E-state index contributed by atoms with van der Waals surface area (Å²) in [6.07, 6.45) is 1.08. The van der Waals surface area contributed by atoms with Crippen LogP contribution in [0.2, 0.25) is 5.02 Å². The molecule has 1 N–H and O–H groups in total. The van der Waals surface area contributed by atoms with Gasteiger partial charge < -0.3 is 14.8 Å². The molecule has 0 radical (unpaired) electrons. The molecule has 8 nitrogen and oxygen atoms in total. The van der Waals surface area contributed by atoms with E-state index >= 15 is 0 Å². The van der Waals surface area contributed by atoms with E-state index in [1.165, 1.54) is 21.6 Å². The minimum atomic E-state index is -3.35. The van der Waals surface area contributed by atoms with E-state index in [1.807, 2.05) is 0 Å². The van der Waals surface area contributed by atoms with Crippen LogP contribution in [0.25, 0.3) is 0 Å². The molecular formula is C23H26ClN3O5S. The van der Waals surface area contributed by atoms with Gasteiger partial charge >= 0.3 is 0 Å². The van der Waals surface area contributed by atoms with Crippen LogP contribution in [-0.2, 0) is 22.9 Å². The highest BCUT2D eigenvalue weighted by Crippen LogP contribution is 2.46. The number of amides is 2. The topological polar surface area (TPSA) is 106 Å². The number of aromatic nitrogens is 1. The number of carbonyl (C=O) groups excluding carboxylic acids is 2. The van der Waals surface area contributed by atoms with Gasteiger partial charge in [0.15, 0.2) is 9.84 Å². The van der Waals surface area contributed by atoms with E-state index in [9.17, 15) is 22.8 Å². The van der Waals surface area contributed by atoms with Gasteiger partial charge in [-0.3, -0.25) is 14.4 Å². The molecule has 4 rings (SSSR count). The molecule has 0 saturated heterocycles. The first-order chi connectivity index (χ1) is 15.6. The molecule has 1 aliphatic carbocycles. The number of rotatable bonds is 7. The number of pyridine rings is 1. The van der Waals surface area contributed by atoms with E-state index in [0.29, 0.717) is 17.9 Å². The fourth-order valence-electron chi connectivity index (χ4n) is 4.19. The molecule has 0 spiro atoms. The van der Waals surface area contributed by atoms with Crippen molar-refractivity contribution >= 4 is 33.3 Å². The normalized spacial score (nSPS) is 17.1. The second-order valence-corrected chi connectivity index (χ2v) is 12.2. The number of fused-ring (bicyclic) bond motifs is 1. The minimum absolute atomic E-state index is 0.0463. The SMILES string of the molecule is CC(C)S(=O)(=O)C1(CN2CCn3c(ccc(C(=O)NCc4ccc(Cl)cc4)c3=O)C2=O)CC1. The molecule has 1 saturated carbocycles. The fraction of sp³-hybridized carbons (Fsp3) is 0.435. The van der Waals surface area contributed by atoms with E-state index in [2.05, 4.69) is 5.32 Å². The number of sulfone groups is 1. The molecule has 1 aromatic heterocycles. The van der Waals surface area contributed by atoms with Crippen molar-refractivity contribution in [3.8, 4) is 0 Å². The third-order valence-corrected chi connectivity index (χ3v) is 9.63. The van der Waals surface area contributed by atoms with Gasteiger partial charge in [-0.25, -0.2) is 8.42 Å².